The van der Waals surface area contributed by atoms with E-state index in [9.17, 15) is 0 Å². The highest BCUT2D eigenvalue weighted by atomic mass is 16.5. The van der Waals surface area contributed by atoms with Gasteiger partial charge in [-0.25, -0.2) is 0 Å². The van der Waals surface area contributed by atoms with Gasteiger partial charge in [0, 0.05) is 45.8 Å². The molecule has 0 amide bonds. The van der Waals surface area contributed by atoms with Crippen LogP contribution in [0.3, 0.4) is 0 Å². The zero-order valence-electron chi connectivity index (χ0n) is 18.8. The third-order valence-electron chi connectivity index (χ3n) is 6.54. The molecule has 0 spiro atoms. The van der Waals surface area contributed by atoms with Crippen molar-refractivity contribution in [1.82, 2.24) is 9.80 Å². The predicted molar refractivity (Wildman–Crippen MR) is 131 cm³/mol. The van der Waals surface area contributed by atoms with Gasteiger partial charge >= 0.3 is 0 Å². The summed E-state index contributed by atoms with van der Waals surface area (Å²) in [5.74, 6) is 0.937. The summed E-state index contributed by atoms with van der Waals surface area (Å²) in [5.41, 5.74) is 5.21. The molecule has 1 saturated heterocycles. The standard InChI is InChI=1S/C27H32N4O/c1-32-24-11-7-10-23(18-24)19-29-14-16-30(17-15-29)21-27-28-25-12-5-6-13-26(25)31(27)20-22-8-3-2-4-9-22/h2-13,18,27-28H,14-17,19-21H2,1H3. The molecule has 166 valence electrons. The van der Waals surface area contributed by atoms with Crippen LogP contribution in [0, 0.1) is 0 Å². The molecule has 0 aliphatic carbocycles. The number of piperazine rings is 1. The van der Waals surface area contributed by atoms with Gasteiger partial charge in [-0.1, -0.05) is 54.6 Å². The molecule has 0 radical (unpaired) electrons. The van der Waals surface area contributed by atoms with Gasteiger partial charge in [0.2, 0.25) is 0 Å². The Bertz CT molecular complexity index is 1020. The van der Waals surface area contributed by atoms with Gasteiger partial charge in [0.05, 0.1) is 18.5 Å². The van der Waals surface area contributed by atoms with E-state index in [1.165, 1.54) is 22.5 Å². The molecule has 5 heteroatoms. The summed E-state index contributed by atoms with van der Waals surface area (Å²) in [7, 11) is 1.73. The Morgan fingerprint density at radius 1 is 0.781 bits per heavy atom. The van der Waals surface area contributed by atoms with Crippen LogP contribution in [0.5, 0.6) is 5.75 Å². The maximum atomic E-state index is 5.38. The lowest BCUT2D eigenvalue weighted by Gasteiger charge is -2.38. The predicted octanol–water partition coefficient (Wildman–Crippen LogP) is 4.27. The number of methoxy groups -OCH3 is 1. The van der Waals surface area contributed by atoms with E-state index in [0.29, 0.717) is 0 Å². The van der Waals surface area contributed by atoms with E-state index >= 15 is 0 Å². The molecule has 0 aromatic heterocycles. The quantitative estimate of drug-likeness (QED) is 0.607. The number of nitrogens with zero attached hydrogens (tertiary/aromatic N) is 3. The average Bonchev–Trinajstić information content (AvgIpc) is 3.18. The maximum Gasteiger partial charge on any atom is 0.119 e. The molecular formula is C27H32N4O. The second kappa shape index (κ2) is 9.63. The maximum absolute atomic E-state index is 5.38. The van der Waals surface area contributed by atoms with E-state index in [0.717, 1.165) is 51.6 Å². The third kappa shape index (κ3) is 4.74. The van der Waals surface area contributed by atoms with Crippen molar-refractivity contribution in [2.45, 2.75) is 19.3 Å². The molecule has 32 heavy (non-hydrogen) atoms. The third-order valence-corrected chi connectivity index (χ3v) is 6.54. The largest absolute Gasteiger partial charge is 0.497 e. The van der Waals surface area contributed by atoms with E-state index < -0.39 is 0 Å². The number of rotatable bonds is 7. The molecule has 2 heterocycles. The zero-order chi connectivity index (χ0) is 21.8. The Labute approximate surface area is 191 Å². The van der Waals surface area contributed by atoms with E-state index in [1.807, 2.05) is 6.07 Å². The Kier molecular flexibility index (Phi) is 6.28. The first kappa shape index (κ1) is 20.9. The molecule has 0 bridgehead atoms. The molecule has 3 aromatic rings. The van der Waals surface area contributed by atoms with Crippen molar-refractivity contribution in [1.29, 1.82) is 0 Å². The number of ether oxygens (including phenoxy) is 1. The average molecular weight is 429 g/mol. The molecule has 1 atom stereocenters. The fourth-order valence-electron chi connectivity index (χ4n) is 4.79. The monoisotopic (exact) mass is 428 g/mol. The summed E-state index contributed by atoms with van der Waals surface area (Å²) in [6.45, 7) is 7.30. The number of benzene rings is 3. The SMILES string of the molecule is COc1cccc(CN2CCN(CC3Nc4ccccc4N3Cc3ccccc3)CC2)c1. The van der Waals surface area contributed by atoms with Crippen molar-refractivity contribution in [3.05, 3.63) is 90.0 Å². The molecule has 2 aliphatic heterocycles. The van der Waals surface area contributed by atoms with Gasteiger partial charge in [0.1, 0.15) is 11.9 Å². The van der Waals surface area contributed by atoms with E-state index in [4.69, 9.17) is 4.74 Å². The normalized spacial score (nSPS) is 18.9. The van der Waals surface area contributed by atoms with Crippen molar-refractivity contribution in [3.8, 4) is 5.75 Å². The summed E-state index contributed by atoms with van der Waals surface area (Å²) in [5, 5.41) is 3.77. The van der Waals surface area contributed by atoms with Crippen LogP contribution < -0.4 is 15.0 Å². The highest BCUT2D eigenvalue weighted by Gasteiger charge is 2.30. The lowest BCUT2D eigenvalue weighted by molar-refractivity contribution is 0.123. The van der Waals surface area contributed by atoms with Gasteiger partial charge < -0.3 is 15.0 Å². The van der Waals surface area contributed by atoms with Crippen molar-refractivity contribution in [2.75, 3.05) is 50.1 Å². The Hall–Kier alpha value is -3.02. The summed E-state index contributed by atoms with van der Waals surface area (Å²) in [6.07, 6.45) is 0.289. The van der Waals surface area contributed by atoms with Gasteiger partial charge in [-0.2, -0.15) is 0 Å². The van der Waals surface area contributed by atoms with Gasteiger partial charge in [0.25, 0.3) is 0 Å². The van der Waals surface area contributed by atoms with Crippen LogP contribution >= 0.6 is 0 Å². The smallest absolute Gasteiger partial charge is 0.119 e. The van der Waals surface area contributed by atoms with E-state index in [2.05, 4.69) is 92.8 Å². The van der Waals surface area contributed by atoms with Crippen LogP contribution in [0.4, 0.5) is 11.4 Å². The molecular weight excluding hydrogens is 396 g/mol. The number of fused-ring (bicyclic) bond motifs is 1. The second-order valence-corrected chi connectivity index (χ2v) is 8.72. The Morgan fingerprint density at radius 2 is 1.50 bits per heavy atom. The topological polar surface area (TPSA) is 31.0 Å². The molecule has 5 rings (SSSR count). The van der Waals surface area contributed by atoms with Crippen LogP contribution in [0.25, 0.3) is 0 Å². The van der Waals surface area contributed by atoms with Crippen molar-refractivity contribution >= 4 is 11.4 Å². The number of para-hydroxylation sites is 2. The first-order valence-electron chi connectivity index (χ1n) is 11.5. The number of anilines is 2. The fraction of sp³-hybridized carbons (Fsp3) is 0.333. The summed E-state index contributed by atoms with van der Waals surface area (Å²) < 4.78 is 5.38. The molecule has 3 aromatic carbocycles. The number of hydrogen-bond acceptors (Lipinski definition) is 5. The molecule has 2 aliphatic rings. The summed E-state index contributed by atoms with van der Waals surface area (Å²) >= 11 is 0. The van der Waals surface area contributed by atoms with Crippen LogP contribution in [-0.4, -0.2) is 55.8 Å². The number of hydrogen-bond donors (Lipinski definition) is 1. The lowest BCUT2D eigenvalue weighted by atomic mass is 10.1. The minimum absolute atomic E-state index is 0.289. The highest BCUT2D eigenvalue weighted by molar-refractivity contribution is 5.76. The highest BCUT2D eigenvalue weighted by Crippen LogP contribution is 2.35. The number of nitrogens with one attached hydrogen (secondary N) is 1. The van der Waals surface area contributed by atoms with E-state index in [1.54, 1.807) is 7.11 Å². The molecule has 1 fully saturated rings. The van der Waals surface area contributed by atoms with Crippen LogP contribution in [-0.2, 0) is 13.1 Å². The first-order chi connectivity index (χ1) is 15.8. The van der Waals surface area contributed by atoms with E-state index in [-0.39, 0.29) is 6.17 Å². The molecule has 1 N–H and O–H groups in total. The first-order valence-corrected chi connectivity index (χ1v) is 11.5. The molecule has 5 nitrogen and oxygen atoms in total. The van der Waals surface area contributed by atoms with Crippen LogP contribution in [0.2, 0.25) is 0 Å². The molecule has 0 saturated carbocycles. The van der Waals surface area contributed by atoms with Gasteiger partial charge in [-0.3, -0.25) is 9.80 Å². The zero-order valence-corrected chi connectivity index (χ0v) is 18.8. The summed E-state index contributed by atoms with van der Waals surface area (Å²) in [6, 6.07) is 27.9. The van der Waals surface area contributed by atoms with Crippen LogP contribution in [0.1, 0.15) is 11.1 Å². The lowest BCUT2D eigenvalue weighted by Crippen LogP contribution is -2.52. The van der Waals surface area contributed by atoms with Gasteiger partial charge in [0.15, 0.2) is 0 Å². The van der Waals surface area contributed by atoms with Crippen molar-refractivity contribution in [2.24, 2.45) is 0 Å². The minimum Gasteiger partial charge on any atom is -0.497 e. The van der Waals surface area contributed by atoms with Crippen molar-refractivity contribution in [3.63, 3.8) is 0 Å². The fourth-order valence-corrected chi connectivity index (χ4v) is 4.79. The molecule has 1 unspecified atom stereocenters. The van der Waals surface area contributed by atoms with Gasteiger partial charge in [-0.15, -0.1) is 0 Å². The Morgan fingerprint density at radius 3 is 2.31 bits per heavy atom. The second-order valence-electron chi connectivity index (χ2n) is 8.72. The van der Waals surface area contributed by atoms with Crippen LogP contribution in [0.15, 0.2) is 78.9 Å². The minimum atomic E-state index is 0.289. The van der Waals surface area contributed by atoms with Gasteiger partial charge in [-0.05, 0) is 35.4 Å². The Balaban J connectivity index is 1.20. The van der Waals surface area contributed by atoms with Crippen molar-refractivity contribution < 1.29 is 4.74 Å². The summed E-state index contributed by atoms with van der Waals surface area (Å²) in [4.78, 5) is 7.67.